The van der Waals surface area contributed by atoms with Gasteiger partial charge in [-0.1, -0.05) is 13.3 Å². The molecule has 2 aromatic heterocycles. The minimum Gasteiger partial charge on any atom is -0.306 e. The molecular formula is C16H17N3OS. The number of hydrogen-bond acceptors (Lipinski definition) is 4. The summed E-state index contributed by atoms with van der Waals surface area (Å²) in [6.07, 6.45) is 5.88. The van der Waals surface area contributed by atoms with Gasteiger partial charge in [0.1, 0.15) is 11.6 Å². The Balaban J connectivity index is 2.01. The average Bonchev–Trinajstić information content (AvgIpc) is 2.92. The Morgan fingerprint density at radius 1 is 1.38 bits per heavy atom. The lowest BCUT2D eigenvalue weighted by Crippen LogP contribution is -2.04. The first-order valence-corrected chi connectivity index (χ1v) is 7.86. The molecule has 0 radical (unpaired) electrons. The number of carbonyl (C=O) groups excluding carboxylic acids is 1. The van der Waals surface area contributed by atoms with Gasteiger partial charge in [-0.25, -0.2) is 9.97 Å². The summed E-state index contributed by atoms with van der Waals surface area (Å²) >= 11 is 1.75. The molecule has 108 valence electrons. The Morgan fingerprint density at radius 2 is 2.19 bits per heavy atom. The maximum atomic E-state index is 12.1. The van der Waals surface area contributed by atoms with Crippen LogP contribution in [0.25, 0.3) is 11.6 Å². The third-order valence-corrected chi connectivity index (χ3v) is 4.72. The van der Waals surface area contributed by atoms with E-state index in [-0.39, 0.29) is 5.91 Å². The summed E-state index contributed by atoms with van der Waals surface area (Å²) in [4.78, 5) is 23.1. The van der Waals surface area contributed by atoms with Crippen LogP contribution in [0.5, 0.6) is 0 Å². The lowest BCUT2D eigenvalue weighted by Gasteiger charge is -1.97. The summed E-state index contributed by atoms with van der Waals surface area (Å²) in [6.45, 7) is 6.12. The second-order valence-corrected chi connectivity index (χ2v) is 6.36. The van der Waals surface area contributed by atoms with Gasteiger partial charge in [-0.3, -0.25) is 4.79 Å². The topological polar surface area (TPSA) is 54.9 Å². The van der Waals surface area contributed by atoms with Gasteiger partial charge in [0.25, 0.3) is 5.91 Å². The van der Waals surface area contributed by atoms with E-state index in [0.717, 1.165) is 23.3 Å². The Bertz CT molecular complexity index is 746. The number of rotatable bonds is 3. The van der Waals surface area contributed by atoms with Crippen molar-refractivity contribution in [2.75, 3.05) is 5.32 Å². The lowest BCUT2D eigenvalue weighted by molar-refractivity contribution is -0.110. The van der Waals surface area contributed by atoms with Gasteiger partial charge in [-0.05, 0) is 38.0 Å². The van der Waals surface area contributed by atoms with Crippen molar-refractivity contribution in [3.8, 4) is 0 Å². The molecule has 0 saturated carbocycles. The highest BCUT2D eigenvalue weighted by Gasteiger charge is 2.26. The van der Waals surface area contributed by atoms with Crippen LogP contribution in [0.1, 0.15) is 40.1 Å². The molecule has 3 heterocycles. The summed E-state index contributed by atoms with van der Waals surface area (Å²) in [5, 5.41) is 2.80. The molecule has 0 fully saturated rings. The summed E-state index contributed by atoms with van der Waals surface area (Å²) < 4.78 is 0. The molecule has 0 bridgehead atoms. The van der Waals surface area contributed by atoms with Crippen molar-refractivity contribution in [3.63, 3.8) is 0 Å². The third-order valence-electron chi connectivity index (χ3n) is 3.48. The number of nitrogens with zero attached hydrogens (tertiary/aromatic N) is 2. The normalized spacial score (nSPS) is 15.4. The molecule has 0 spiro atoms. The van der Waals surface area contributed by atoms with Crippen LogP contribution in [0, 0.1) is 13.8 Å². The van der Waals surface area contributed by atoms with Crippen LogP contribution in [0.3, 0.4) is 0 Å². The zero-order valence-corrected chi connectivity index (χ0v) is 13.2. The lowest BCUT2D eigenvalue weighted by atomic mass is 10.1. The molecule has 1 N–H and O–H groups in total. The second-order valence-electron chi connectivity index (χ2n) is 5.20. The highest BCUT2D eigenvalue weighted by atomic mass is 32.1. The number of nitrogens with one attached hydrogen (secondary N) is 1. The first kappa shape index (κ1) is 13.9. The maximum Gasteiger partial charge on any atom is 0.257 e. The van der Waals surface area contributed by atoms with E-state index in [1.165, 1.54) is 10.4 Å². The van der Waals surface area contributed by atoms with E-state index >= 15 is 0 Å². The first-order valence-electron chi connectivity index (χ1n) is 7.05. The van der Waals surface area contributed by atoms with Crippen molar-refractivity contribution in [2.24, 2.45) is 0 Å². The predicted molar refractivity (Wildman–Crippen MR) is 86.3 cm³/mol. The van der Waals surface area contributed by atoms with Gasteiger partial charge in [0, 0.05) is 21.5 Å². The van der Waals surface area contributed by atoms with Crippen LogP contribution in [-0.4, -0.2) is 15.9 Å². The number of aryl methyl sites for hydroxylation is 3. The number of anilines is 1. The van der Waals surface area contributed by atoms with Crippen molar-refractivity contribution >= 4 is 34.7 Å². The summed E-state index contributed by atoms with van der Waals surface area (Å²) in [6, 6.07) is 2.14. The molecule has 1 aliphatic heterocycles. The fraction of sp³-hybridized carbons (Fsp3) is 0.312. The van der Waals surface area contributed by atoms with Crippen LogP contribution >= 0.6 is 11.3 Å². The van der Waals surface area contributed by atoms with Gasteiger partial charge in [0.15, 0.2) is 0 Å². The van der Waals surface area contributed by atoms with Crippen molar-refractivity contribution in [3.05, 3.63) is 39.0 Å². The van der Waals surface area contributed by atoms with Crippen LogP contribution in [0.15, 0.2) is 12.3 Å². The molecule has 4 nitrogen and oxygen atoms in total. The van der Waals surface area contributed by atoms with E-state index in [0.29, 0.717) is 17.2 Å². The van der Waals surface area contributed by atoms with E-state index in [1.807, 2.05) is 13.0 Å². The zero-order chi connectivity index (χ0) is 15.0. The van der Waals surface area contributed by atoms with Crippen molar-refractivity contribution in [2.45, 2.75) is 33.6 Å². The fourth-order valence-corrected chi connectivity index (χ4v) is 3.66. The van der Waals surface area contributed by atoms with E-state index in [9.17, 15) is 4.79 Å². The van der Waals surface area contributed by atoms with Gasteiger partial charge in [-0.2, -0.15) is 0 Å². The largest absolute Gasteiger partial charge is 0.306 e. The first-order chi connectivity index (χ1) is 10.1. The molecule has 5 heteroatoms. The maximum absolute atomic E-state index is 12.1. The molecule has 0 atom stereocenters. The molecule has 0 saturated heterocycles. The Morgan fingerprint density at radius 3 is 2.95 bits per heavy atom. The van der Waals surface area contributed by atoms with Crippen molar-refractivity contribution in [1.82, 2.24) is 9.97 Å². The van der Waals surface area contributed by atoms with E-state index in [4.69, 9.17) is 0 Å². The number of fused-ring (bicyclic) bond motifs is 1. The number of carbonyl (C=O) groups is 1. The molecule has 3 rings (SSSR count). The standard InChI is InChI=1S/C16H17N3OS/c1-4-5-14-9(2)6-11(21-14)7-12-13-8-17-10(3)18-15(13)19-16(12)20/h6-8H,4-5H2,1-3H3,(H,17,18,19,20). The number of amides is 1. The molecule has 0 aliphatic carbocycles. The Hall–Kier alpha value is -2.01. The summed E-state index contributed by atoms with van der Waals surface area (Å²) in [5.41, 5.74) is 2.73. The molecule has 21 heavy (non-hydrogen) atoms. The van der Waals surface area contributed by atoms with Crippen molar-refractivity contribution < 1.29 is 4.79 Å². The Kier molecular flexibility index (Phi) is 3.59. The van der Waals surface area contributed by atoms with Crippen LogP contribution in [0.4, 0.5) is 5.82 Å². The predicted octanol–water partition coefficient (Wildman–Crippen LogP) is 3.60. The average molecular weight is 299 g/mol. The number of hydrogen-bond donors (Lipinski definition) is 1. The molecule has 1 amide bonds. The SMILES string of the molecule is CCCc1sc(C=C2C(=O)Nc3nc(C)ncc32)cc1C. The van der Waals surface area contributed by atoms with Crippen LogP contribution < -0.4 is 5.32 Å². The highest BCUT2D eigenvalue weighted by molar-refractivity contribution is 7.13. The smallest absolute Gasteiger partial charge is 0.257 e. The summed E-state index contributed by atoms with van der Waals surface area (Å²) in [7, 11) is 0. The van der Waals surface area contributed by atoms with E-state index in [2.05, 4.69) is 35.2 Å². The zero-order valence-electron chi connectivity index (χ0n) is 12.4. The van der Waals surface area contributed by atoms with Crippen LogP contribution in [0.2, 0.25) is 0 Å². The summed E-state index contributed by atoms with van der Waals surface area (Å²) in [5.74, 6) is 1.17. The van der Waals surface area contributed by atoms with Gasteiger partial charge in [-0.15, -0.1) is 11.3 Å². The molecule has 2 aromatic rings. The number of thiophene rings is 1. The highest BCUT2D eigenvalue weighted by Crippen LogP contribution is 2.33. The van der Waals surface area contributed by atoms with E-state index < -0.39 is 0 Å². The van der Waals surface area contributed by atoms with Gasteiger partial charge < -0.3 is 5.32 Å². The minimum absolute atomic E-state index is 0.104. The van der Waals surface area contributed by atoms with E-state index in [1.54, 1.807) is 17.5 Å². The molecule has 0 aromatic carbocycles. The van der Waals surface area contributed by atoms with Gasteiger partial charge in [0.2, 0.25) is 0 Å². The van der Waals surface area contributed by atoms with Crippen molar-refractivity contribution in [1.29, 1.82) is 0 Å². The fourth-order valence-electron chi connectivity index (χ4n) is 2.44. The second kappa shape index (κ2) is 5.41. The van der Waals surface area contributed by atoms with Gasteiger partial charge in [0.05, 0.1) is 5.57 Å². The van der Waals surface area contributed by atoms with Crippen LogP contribution in [-0.2, 0) is 11.2 Å². The molecule has 0 unspecified atom stereocenters. The monoisotopic (exact) mass is 299 g/mol. The van der Waals surface area contributed by atoms with Gasteiger partial charge >= 0.3 is 0 Å². The Labute approximate surface area is 128 Å². The third kappa shape index (κ3) is 2.61. The minimum atomic E-state index is -0.104. The molecular weight excluding hydrogens is 282 g/mol. The molecule has 1 aliphatic rings. The number of aromatic nitrogens is 2. The quantitative estimate of drug-likeness (QED) is 0.881.